The second kappa shape index (κ2) is 8.84. The molecule has 0 atom stereocenters. The Morgan fingerprint density at radius 2 is 1.82 bits per heavy atom. The van der Waals surface area contributed by atoms with Crippen molar-refractivity contribution in [1.82, 2.24) is 5.32 Å². The first-order valence-corrected chi connectivity index (χ1v) is 9.61. The van der Waals surface area contributed by atoms with E-state index in [4.69, 9.17) is 14.2 Å². The van der Waals surface area contributed by atoms with E-state index in [1.54, 1.807) is 20.3 Å². The Bertz CT molecular complexity index is 928. The van der Waals surface area contributed by atoms with Crippen molar-refractivity contribution in [2.75, 3.05) is 20.8 Å². The fraction of sp³-hybridized carbons (Fsp3) is 0.238. The van der Waals surface area contributed by atoms with Gasteiger partial charge in [0.25, 0.3) is 5.91 Å². The zero-order valence-electron chi connectivity index (χ0n) is 16.2. The van der Waals surface area contributed by atoms with E-state index in [1.807, 2.05) is 50.2 Å². The largest absolute Gasteiger partial charge is 0.493 e. The highest BCUT2D eigenvalue weighted by Crippen LogP contribution is 2.40. The molecule has 0 radical (unpaired) electrons. The number of methoxy groups -OCH3 is 2. The Labute approximate surface area is 168 Å². The van der Waals surface area contributed by atoms with Crippen LogP contribution in [-0.4, -0.2) is 31.9 Å². The molecule has 28 heavy (non-hydrogen) atoms. The third-order valence-electron chi connectivity index (χ3n) is 4.06. The number of rotatable bonds is 6. The highest BCUT2D eigenvalue weighted by Gasteiger charge is 2.24. The molecule has 6 nitrogen and oxygen atoms in total. The number of hydrogen-bond donors (Lipinski definition) is 1. The van der Waals surface area contributed by atoms with E-state index in [2.05, 4.69) is 10.3 Å². The van der Waals surface area contributed by atoms with E-state index in [-0.39, 0.29) is 5.91 Å². The van der Waals surface area contributed by atoms with Gasteiger partial charge in [-0.3, -0.25) is 4.79 Å². The van der Waals surface area contributed by atoms with Crippen LogP contribution >= 0.6 is 11.8 Å². The summed E-state index contributed by atoms with van der Waals surface area (Å²) in [4.78, 5) is 17.5. The van der Waals surface area contributed by atoms with Crippen molar-refractivity contribution >= 4 is 34.6 Å². The maximum atomic E-state index is 12.4. The minimum atomic E-state index is -0.191. The van der Waals surface area contributed by atoms with Gasteiger partial charge in [-0.1, -0.05) is 18.2 Å². The lowest BCUT2D eigenvalue weighted by atomic mass is 10.1. The van der Waals surface area contributed by atoms with E-state index in [1.165, 1.54) is 11.8 Å². The summed E-state index contributed by atoms with van der Waals surface area (Å²) >= 11 is 1.30. The minimum absolute atomic E-state index is 0.191. The number of nitrogens with zero attached hydrogens (tertiary/aromatic N) is 1. The molecule has 1 saturated heterocycles. The van der Waals surface area contributed by atoms with Crippen LogP contribution in [0.4, 0.5) is 5.69 Å². The second-order valence-corrected chi connectivity index (χ2v) is 6.99. The average molecular weight is 398 g/mol. The Morgan fingerprint density at radius 3 is 2.43 bits per heavy atom. The van der Waals surface area contributed by atoms with Gasteiger partial charge < -0.3 is 19.5 Å². The number of amides is 1. The molecule has 0 unspecified atom stereocenters. The monoisotopic (exact) mass is 398 g/mol. The molecule has 1 aliphatic heterocycles. The number of amidine groups is 1. The van der Waals surface area contributed by atoms with Crippen LogP contribution in [0.3, 0.4) is 0 Å². The molecular weight excluding hydrogens is 376 g/mol. The standard InChI is InChI=1S/C21H22N2O4S/c1-5-27-19-16(25-3)10-14(11-17(19)26-4)12-18-20(24)23-21(28-18)22-15-9-7-6-8-13(15)2/h6-12H,5H2,1-4H3,(H,22,23,24)/b18-12-. The van der Waals surface area contributed by atoms with Gasteiger partial charge in [0, 0.05) is 0 Å². The lowest BCUT2D eigenvalue weighted by Crippen LogP contribution is -2.19. The van der Waals surface area contributed by atoms with Crippen molar-refractivity contribution in [2.24, 2.45) is 4.99 Å². The number of aryl methyl sites for hydroxylation is 1. The van der Waals surface area contributed by atoms with Gasteiger partial charge in [-0.25, -0.2) is 4.99 Å². The molecule has 0 bridgehead atoms. The van der Waals surface area contributed by atoms with E-state index < -0.39 is 0 Å². The smallest absolute Gasteiger partial charge is 0.264 e. The molecule has 1 heterocycles. The molecule has 0 spiro atoms. The predicted octanol–water partition coefficient (Wildman–Crippen LogP) is 4.30. The average Bonchev–Trinajstić information content (AvgIpc) is 3.03. The van der Waals surface area contributed by atoms with Gasteiger partial charge in [0.1, 0.15) is 0 Å². The van der Waals surface area contributed by atoms with Gasteiger partial charge in [0.2, 0.25) is 5.75 Å². The second-order valence-electron chi connectivity index (χ2n) is 5.96. The van der Waals surface area contributed by atoms with E-state index >= 15 is 0 Å². The third-order valence-corrected chi connectivity index (χ3v) is 4.97. The van der Waals surface area contributed by atoms with Gasteiger partial charge in [-0.05, 0) is 61.0 Å². The molecule has 1 amide bonds. The summed E-state index contributed by atoms with van der Waals surface area (Å²) in [6.45, 7) is 4.36. The van der Waals surface area contributed by atoms with Crippen LogP contribution in [0, 0.1) is 6.92 Å². The lowest BCUT2D eigenvalue weighted by molar-refractivity contribution is -0.115. The number of carbonyl (C=O) groups excluding carboxylic acids is 1. The number of benzene rings is 2. The van der Waals surface area contributed by atoms with Gasteiger partial charge in [-0.2, -0.15) is 0 Å². The molecule has 0 saturated carbocycles. The summed E-state index contributed by atoms with van der Waals surface area (Å²) in [5.41, 5.74) is 2.64. The maximum absolute atomic E-state index is 12.4. The Morgan fingerprint density at radius 1 is 1.14 bits per heavy atom. The molecule has 2 aromatic rings. The zero-order valence-corrected chi connectivity index (χ0v) is 17.1. The van der Waals surface area contributed by atoms with E-state index in [0.29, 0.717) is 33.9 Å². The quantitative estimate of drug-likeness (QED) is 0.735. The summed E-state index contributed by atoms with van der Waals surface area (Å²) in [5.74, 6) is 1.44. The number of nitrogens with one attached hydrogen (secondary N) is 1. The van der Waals surface area contributed by atoms with Crippen LogP contribution < -0.4 is 19.5 Å². The number of hydrogen-bond acceptors (Lipinski definition) is 6. The molecule has 7 heteroatoms. The number of aliphatic imine (C=N–C) groups is 1. The van der Waals surface area contributed by atoms with Crippen LogP contribution in [0.1, 0.15) is 18.1 Å². The summed E-state index contributed by atoms with van der Waals surface area (Å²) < 4.78 is 16.5. The highest BCUT2D eigenvalue weighted by atomic mass is 32.2. The van der Waals surface area contributed by atoms with E-state index in [0.717, 1.165) is 16.8 Å². The molecule has 1 aliphatic rings. The molecule has 146 valence electrons. The van der Waals surface area contributed by atoms with Crippen molar-refractivity contribution < 1.29 is 19.0 Å². The predicted molar refractivity (Wildman–Crippen MR) is 113 cm³/mol. The topological polar surface area (TPSA) is 69.2 Å². The van der Waals surface area contributed by atoms with Crippen LogP contribution in [0.5, 0.6) is 17.2 Å². The molecule has 1 N–H and O–H groups in total. The van der Waals surface area contributed by atoms with Crippen molar-refractivity contribution in [2.45, 2.75) is 13.8 Å². The summed E-state index contributed by atoms with van der Waals surface area (Å²) in [6.07, 6.45) is 1.78. The Hall–Kier alpha value is -2.93. The maximum Gasteiger partial charge on any atom is 0.264 e. The summed E-state index contributed by atoms with van der Waals surface area (Å²) in [7, 11) is 3.14. The Balaban J connectivity index is 1.91. The number of ether oxygens (including phenoxy) is 3. The zero-order chi connectivity index (χ0) is 20.1. The molecule has 0 aromatic heterocycles. The van der Waals surface area contributed by atoms with E-state index in [9.17, 15) is 4.79 Å². The van der Waals surface area contributed by atoms with Crippen molar-refractivity contribution in [1.29, 1.82) is 0 Å². The summed E-state index contributed by atoms with van der Waals surface area (Å²) in [6, 6.07) is 11.4. The van der Waals surface area contributed by atoms with Gasteiger partial charge in [-0.15, -0.1) is 0 Å². The molecule has 1 fully saturated rings. The summed E-state index contributed by atoms with van der Waals surface area (Å²) in [5, 5.41) is 3.36. The third kappa shape index (κ3) is 4.31. The fourth-order valence-electron chi connectivity index (χ4n) is 2.70. The van der Waals surface area contributed by atoms with Crippen molar-refractivity contribution in [3.8, 4) is 17.2 Å². The number of thioether (sulfide) groups is 1. The van der Waals surface area contributed by atoms with Crippen LogP contribution in [0.15, 0.2) is 46.3 Å². The number of carbonyl (C=O) groups is 1. The molecule has 0 aliphatic carbocycles. The van der Waals surface area contributed by atoms with Gasteiger partial charge in [0.15, 0.2) is 16.7 Å². The highest BCUT2D eigenvalue weighted by molar-refractivity contribution is 8.18. The van der Waals surface area contributed by atoms with Gasteiger partial charge in [0.05, 0.1) is 31.4 Å². The van der Waals surface area contributed by atoms with Crippen LogP contribution in [0.2, 0.25) is 0 Å². The molecule has 2 aromatic carbocycles. The first-order chi connectivity index (χ1) is 13.5. The SMILES string of the molecule is CCOc1c(OC)cc(/C=C2\SC(=Nc3ccccc3C)NC2=O)cc1OC. The Kier molecular flexibility index (Phi) is 6.26. The molecular formula is C21H22N2O4S. The minimum Gasteiger partial charge on any atom is -0.493 e. The number of para-hydroxylation sites is 1. The molecule has 3 rings (SSSR count). The normalized spacial score (nSPS) is 16.4. The van der Waals surface area contributed by atoms with Crippen LogP contribution in [0.25, 0.3) is 6.08 Å². The first kappa shape index (κ1) is 19.8. The van der Waals surface area contributed by atoms with Crippen molar-refractivity contribution in [3.05, 3.63) is 52.4 Å². The van der Waals surface area contributed by atoms with Gasteiger partial charge >= 0.3 is 0 Å². The fourth-order valence-corrected chi connectivity index (χ4v) is 3.54. The van der Waals surface area contributed by atoms with Crippen molar-refractivity contribution in [3.63, 3.8) is 0 Å². The van der Waals surface area contributed by atoms with Crippen LogP contribution in [-0.2, 0) is 4.79 Å². The lowest BCUT2D eigenvalue weighted by Gasteiger charge is -2.14. The first-order valence-electron chi connectivity index (χ1n) is 8.79.